The van der Waals surface area contributed by atoms with Crippen LogP contribution in [0.4, 0.5) is 4.79 Å². The molecule has 1 saturated heterocycles. The minimum atomic E-state index is -0.852. The Kier molecular flexibility index (Phi) is 4.48. The number of amides is 3. The maximum absolute atomic E-state index is 12.3. The van der Waals surface area contributed by atoms with Gasteiger partial charge in [-0.25, -0.2) is 4.79 Å². The molecule has 0 radical (unpaired) electrons. The van der Waals surface area contributed by atoms with Crippen molar-refractivity contribution >= 4 is 17.7 Å². The highest BCUT2D eigenvalue weighted by molar-refractivity contribution is 6.09. The fourth-order valence-corrected chi connectivity index (χ4v) is 2.20. The molecule has 0 aromatic heterocycles. The Hall–Kier alpha value is -1.39. The second kappa shape index (κ2) is 5.50. The molecule has 0 aromatic carbocycles. The molecule has 0 spiro atoms. The molecule has 2 atom stereocenters. The van der Waals surface area contributed by atoms with Gasteiger partial charge in [0.25, 0.3) is 5.91 Å². The van der Waals surface area contributed by atoms with Gasteiger partial charge in [0, 0.05) is 6.42 Å². The molecule has 18 heavy (non-hydrogen) atoms. The van der Waals surface area contributed by atoms with Crippen molar-refractivity contribution in [2.24, 2.45) is 0 Å². The summed E-state index contributed by atoms with van der Waals surface area (Å²) in [6, 6.07) is -1.13. The van der Waals surface area contributed by atoms with E-state index < -0.39 is 17.6 Å². The zero-order valence-corrected chi connectivity index (χ0v) is 11.6. The zero-order valence-electron chi connectivity index (χ0n) is 11.6. The number of nitrogens with zero attached hydrogens (tertiary/aromatic N) is 1. The van der Waals surface area contributed by atoms with E-state index in [1.54, 1.807) is 20.8 Å². The van der Waals surface area contributed by atoms with E-state index >= 15 is 0 Å². The van der Waals surface area contributed by atoms with Crippen molar-refractivity contribution in [3.05, 3.63) is 0 Å². The predicted molar refractivity (Wildman–Crippen MR) is 68.1 cm³/mol. The van der Waals surface area contributed by atoms with Crippen LogP contribution in [0.2, 0.25) is 0 Å². The average molecular weight is 254 g/mol. The number of ketones is 1. The van der Waals surface area contributed by atoms with Crippen LogP contribution in [-0.2, 0) is 9.59 Å². The predicted octanol–water partition coefficient (Wildman–Crippen LogP) is 1.85. The molecule has 5 nitrogen and oxygen atoms in total. The molecule has 1 N–H and O–H groups in total. The maximum Gasteiger partial charge on any atom is 0.325 e. The first-order chi connectivity index (χ1) is 8.37. The van der Waals surface area contributed by atoms with E-state index in [1.165, 1.54) is 0 Å². The van der Waals surface area contributed by atoms with E-state index in [2.05, 4.69) is 5.32 Å². The minimum absolute atomic E-state index is 0.0989. The number of hydrogen-bond donors (Lipinski definition) is 1. The molecule has 1 aliphatic rings. The Morgan fingerprint density at radius 3 is 2.50 bits per heavy atom. The Balaban J connectivity index is 2.87. The minimum Gasteiger partial charge on any atom is -0.323 e. The summed E-state index contributed by atoms with van der Waals surface area (Å²) in [5, 5.41) is 2.71. The smallest absolute Gasteiger partial charge is 0.323 e. The summed E-state index contributed by atoms with van der Waals surface area (Å²) in [5.41, 5.74) is -0.852. The Bertz CT molecular complexity index is 367. The van der Waals surface area contributed by atoms with Crippen molar-refractivity contribution in [3.8, 4) is 0 Å². The van der Waals surface area contributed by atoms with E-state index in [9.17, 15) is 14.4 Å². The molecule has 1 aliphatic heterocycles. The summed E-state index contributed by atoms with van der Waals surface area (Å²) in [4.78, 5) is 36.9. The zero-order chi connectivity index (χ0) is 13.9. The van der Waals surface area contributed by atoms with Crippen LogP contribution in [0, 0.1) is 0 Å². The third-order valence-corrected chi connectivity index (χ3v) is 3.52. The van der Waals surface area contributed by atoms with E-state index in [4.69, 9.17) is 0 Å². The number of imide groups is 1. The summed E-state index contributed by atoms with van der Waals surface area (Å²) < 4.78 is 0. The van der Waals surface area contributed by atoms with Crippen LogP contribution in [-0.4, -0.2) is 34.2 Å². The van der Waals surface area contributed by atoms with Crippen molar-refractivity contribution in [1.29, 1.82) is 0 Å². The molecule has 2 unspecified atom stereocenters. The highest BCUT2D eigenvalue weighted by Crippen LogP contribution is 2.25. The van der Waals surface area contributed by atoms with Crippen LogP contribution in [0.3, 0.4) is 0 Å². The van der Waals surface area contributed by atoms with Crippen molar-refractivity contribution in [1.82, 2.24) is 10.2 Å². The van der Waals surface area contributed by atoms with Crippen molar-refractivity contribution in [2.75, 3.05) is 0 Å². The topological polar surface area (TPSA) is 66.5 Å². The van der Waals surface area contributed by atoms with Gasteiger partial charge >= 0.3 is 6.03 Å². The number of urea groups is 1. The lowest BCUT2D eigenvalue weighted by molar-refractivity contribution is -0.136. The number of Topliss-reactive ketones (excluding diaryl/α,β-unsaturated/α-hetero) is 1. The van der Waals surface area contributed by atoms with Crippen LogP contribution in [0.15, 0.2) is 0 Å². The molecule has 1 rings (SSSR count). The van der Waals surface area contributed by atoms with Crippen molar-refractivity contribution in [2.45, 2.75) is 65.0 Å². The molecule has 0 bridgehead atoms. The summed E-state index contributed by atoms with van der Waals surface area (Å²) in [6.07, 6.45) is 2.76. The van der Waals surface area contributed by atoms with E-state index in [0.29, 0.717) is 12.8 Å². The van der Waals surface area contributed by atoms with Crippen molar-refractivity contribution in [3.63, 3.8) is 0 Å². The van der Waals surface area contributed by atoms with Crippen molar-refractivity contribution < 1.29 is 14.4 Å². The monoisotopic (exact) mass is 254 g/mol. The molecular formula is C13H22N2O3. The number of rotatable bonds is 6. The molecular weight excluding hydrogens is 232 g/mol. The molecule has 1 heterocycles. The van der Waals surface area contributed by atoms with Gasteiger partial charge in [-0.3, -0.25) is 14.5 Å². The van der Waals surface area contributed by atoms with Gasteiger partial charge in [0.05, 0.1) is 6.04 Å². The first-order valence-corrected chi connectivity index (χ1v) is 6.56. The molecule has 0 saturated carbocycles. The molecule has 102 valence electrons. The molecule has 0 aliphatic carbocycles. The Labute approximate surface area is 108 Å². The summed E-state index contributed by atoms with van der Waals surface area (Å²) in [7, 11) is 0. The van der Waals surface area contributed by atoms with Crippen LogP contribution in [0.5, 0.6) is 0 Å². The molecule has 1 fully saturated rings. The van der Waals surface area contributed by atoms with Crippen LogP contribution >= 0.6 is 0 Å². The number of nitrogens with one attached hydrogen (secondary N) is 1. The molecule has 0 aromatic rings. The largest absolute Gasteiger partial charge is 0.325 e. The third kappa shape index (κ3) is 2.54. The summed E-state index contributed by atoms with van der Waals surface area (Å²) in [6.45, 7) is 7.10. The summed E-state index contributed by atoms with van der Waals surface area (Å²) >= 11 is 0. The lowest BCUT2D eigenvalue weighted by Gasteiger charge is -2.23. The van der Waals surface area contributed by atoms with E-state index in [1.807, 2.05) is 6.92 Å². The van der Waals surface area contributed by atoms with Gasteiger partial charge in [-0.1, -0.05) is 26.7 Å². The maximum atomic E-state index is 12.3. The number of unbranched alkanes of at least 4 members (excludes halogenated alkanes) is 1. The number of carbonyl (C=O) groups is 3. The fraction of sp³-hybridized carbons (Fsp3) is 0.769. The first-order valence-electron chi connectivity index (χ1n) is 6.56. The van der Waals surface area contributed by atoms with Crippen LogP contribution in [0.25, 0.3) is 0 Å². The van der Waals surface area contributed by atoms with Gasteiger partial charge in [-0.2, -0.15) is 0 Å². The van der Waals surface area contributed by atoms with Gasteiger partial charge in [0.15, 0.2) is 5.78 Å². The van der Waals surface area contributed by atoms with E-state index in [-0.39, 0.29) is 11.7 Å². The SMILES string of the molecule is CCCCC1(C)NC(=O)N(C(C)C(=O)CC)C1=O. The van der Waals surface area contributed by atoms with E-state index in [0.717, 1.165) is 17.7 Å². The van der Waals surface area contributed by atoms with Gasteiger partial charge in [-0.15, -0.1) is 0 Å². The fourth-order valence-electron chi connectivity index (χ4n) is 2.20. The second-order valence-electron chi connectivity index (χ2n) is 5.04. The highest BCUT2D eigenvalue weighted by atomic mass is 16.2. The average Bonchev–Trinajstić information content (AvgIpc) is 2.56. The Morgan fingerprint density at radius 1 is 1.39 bits per heavy atom. The Morgan fingerprint density at radius 2 is 2.00 bits per heavy atom. The quantitative estimate of drug-likeness (QED) is 0.736. The number of hydrogen-bond acceptors (Lipinski definition) is 3. The van der Waals surface area contributed by atoms with Gasteiger partial charge < -0.3 is 5.32 Å². The summed E-state index contributed by atoms with van der Waals surface area (Å²) in [5.74, 6) is -0.381. The normalized spacial score (nSPS) is 25.2. The highest BCUT2D eigenvalue weighted by Gasteiger charge is 2.49. The van der Waals surface area contributed by atoms with Crippen LogP contribution < -0.4 is 5.32 Å². The number of carbonyl (C=O) groups excluding carboxylic acids is 3. The molecule has 3 amide bonds. The standard InChI is InChI=1S/C13H22N2O3/c1-5-7-8-13(4)11(17)15(12(18)14-13)9(3)10(16)6-2/h9H,5-8H2,1-4H3,(H,14,18). The van der Waals surface area contributed by atoms with Gasteiger partial charge in [0.2, 0.25) is 0 Å². The third-order valence-electron chi connectivity index (χ3n) is 3.52. The first kappa shape index (κ1) is 14.7. The molecule has 5 heteroatoms. The lowest BCUT2D eigenvalue weighted by Crippen LogP contribution is -2.46. The second-order valence-corrected chi connectivity index (χ2v) is 5.04. The van der Waals surface area contributed by atoms with Crippen LogP contribution in [0.1, 0.15) is 53.4 Å². The van der Waals surface area contributed by atoms with Gasteiger partial charge in [0.1, 0.15) is 5.54 Å². The van der Waals surface area contributed by atoms with Gasteiger partial charge in [-0.05, 0) is 20.3 Å². The lowest BCUT2D eigenvalue weighted by atomic mass is 9.94.